The number of esters is 1. The monoisotopic (exact) mass is 686 g/mol. The fourth-order valence-electron chi connectivity index (χ4n) is 5.93. The molecule has 8 atom stereocenters. The predicted octanol–water partition coefficient (Wildman–Crippen LogP) is 3.77. The van der Waals surface area contributed by atoms with Gasteiger partial charge in [-0.15, -0.1) is 0 Å². The molecule has 2 saturated heterocycles. The van der Waals surface area contributed by atoms with Crippen LogP contribution in [0.2, 0.25) is 0 Å². The van der Waals surface area contributed by atoms with Gasteiger partial charge in [0, 0.05) is 12.5 Å². The van der Waals surface area contributed by atoms with Gasteiger partial charge in [-0.05, 0) is 38.6 Å². The lowest BCUT2D eigenvalue weighted by Crippen LogP contribution is -2.44. The van der Waals surface area contributed by atoms with Crippen LogP contribution in [-0.4, -0.2) is 75.6 Å². The first-order valence-electron chi connectivity index (χ1n) is 15.6. The summed E-state index contributed by atoms with van der Waals surface area (Å²) in [6.45, 7) is 6.02. The van der Waals surface area contributed by atoms with E-state index in [-0.39, 0.29) is 29.5 Å². The summed E-state index contributed by atoms with van der Waals surface area (Å²) in [5.41, 5.74) is 4.28. The SMILES string of the molecule is CCCCOC(=O)C(C)NP(=O)(Oc1cccc2ccccc12)OC(C)C1OC(n2cnc3c(=O)[nH]c(N)nc32)C2(C)OC(OC)OC12. The third kappa shape index (κ3) is 6.44. The van der Waals surface area contributed by atoms with E-state index in [1.807, 2.05) is 37.3 Å². The van der Waals surface area contributed by atoms with E-state index in [0.717, 1.165) is 11.8 Å². The number of nitrogens with two attached hydrogens (primary N) is 1. The smallest absolute Gasteiger partial charge is 0.459 e. The normalized spacial score (nSPS) is 26.3. The van der Waals surface area contributed by atoms with E-state index in [2.05, 4.69) is 20.0 Å². The molecular weight excluding hydrogens is 647 g/mol. The third-order valence-electron chi connectivity index (χ3n) is 8.33. The molecule has 2 aromatic heterocycles. The van der Waals surface area contributed by atoms with Gasteiger partial charge in [0.1, 0.15) is 29.6 Å². The number of nitrogens with one attached hydrogen (secondary N) is 2. The molecule has 2 aliphatic heterocycles. The number of nitrogens with zero attached hydrogens (tertiary/aromatic N) is 3. The molecule has 2 fully saturated rings. The molecular formula is C31H39N6O10P. The van der Waals surface area contributed by atoms with Crippen molar-refractivity contribution in [1.82, 2.24) is 24.6 Å². The molecule has 0 radical (unpaired) electrons. The van der Waals surface area contributed by atoms with Crippen LogP contribution in [0.5, 0.6) is 5.75 Å². The van der Waals surface area contributed by atoms with Gasteiger partial charge in [0.15, 0.2) is 17.4 Å². The van der Waals surface area contributed by atoms with Crippen LogP contribution >= 0.6 is 7.75 Å². The van der Waals surface area contributed by atoms with Crippen molar-refractivity contribution in [2.24, 2.45) is 0 Å². The Hall–Kier alpha value is -3.89. The quantitative estimate of drug-likeness (QED) is 0.104. The van der Waals surface area contributed by atoms with Crippen molar-refractivity contribution in [3.63, 3.8) is 0 Å². The second-order valence-electron chi connectivity index (χ2n) is 11.9. The zero-order valence-electron chi connectivity index (χ0n) is 27.2. The number of unbranched alkanes of at least 4 members (excludes halogenated alkanes) is 1. The summed E-state index contributed by atoms with van der Waals surface area (Å²) in [4.78, 5) is 36.3. The van der Waals surface area contributed by atoms with Gasteiger partial charge in [-0.2, -0.15) is 10.1 Å². The van der Waals surface area contributed by atoms with Crippen LogP contribution in [0, 0.1) is 0 Å². The molecule has 48 heavy (non-hydrogen) atoms. The van der Waals surface area contributed by atoms with E-state index in [0.29, 0.717) is 11.8 Å². The minimum Gasteiger partial charge on any atom is -0.465 e. The zero-order valence-corrected chi connectivity index (χ0v) is 28.0. The Kier molecular flexibility index (Phi) is 9.60. The number of rotatable bonds is 13. The Morgan fingerprint density at radius 1 is 1.21 bits per heavy atom. The Labute approximate surface area is 275 Å². The van der Waals surface area contributed by atoms with Gasteiger partial charge in [0.05, 0.1) is 19.0 Å². The molecule has 6 rings (SSSR count). The number of fused-ring (bicyclic) bond motifs is 3. The van der Waals surface area contributed by atoms with Gasteiger partial charge < -0.3 is 33.9 Å². The van der Waals surface area contributed by atoms with Gasteiger partial charge in [-0.25, -0.2) is 9.55 Å². The van der Waals surface area contributed by atoms with Crippen LogP contribution in [0.3, 0.4) is 0 Å². The molecule has 0 aliphatic carbocycles. The average Bonchev–Trinajstić information content (AvgIpc) is 3.70. The van der Waals surface area contributed by atoms with Crippen molar-refractivity contribution < 1.29 is 42.1 Å². The van der Waals surface area contributed by atoms with Crippen molar-refractivity contribution in [1.29, 1.82) is 0 Å². The summed E-state index contributed by atoms with van der Waals surface area (Å²) in [6, 6.07) is 11.7. The Morgan fingerprint density at radius 2 is 1.98 bits per heavy atom. The number of hydrogen-bond acceptors (Lipinski definition) is 13. The maximum absolute atomic E-state index is 14.7. The number of carbonyl (C=O) groups excluding carboxylic acids is 1. The van der Waals surface area contributed by atoms with E-state index in [1.165, 1.54) is 24.9 Å². The lowest BCUT2D eigenvalue weighted by Gasteiger charge is -2.29. The highest BCUT2D eigenvalue weighted by molar-refractivity contribution is 7.52. The number of carbonyl (C=O) groups is 1. The summed E-state index contributed by atoms with van der Waals surface area (Å²) >= 11 is 0. The number of ether oxygens (including phenoxy) is 5. The van der Waals surface area contributed by atoms with Gasteiger partial charge >= 0.3 is 13.7 Å². The highest BCUT2D eigenvalue weighted by Crippen LogP contribution is 2.53. The maximum atomic E-state index is 14.7. The van der Waals surface area contributed by atoms with Gasteiger partial charge in [0.2, 0.25) is 5.95 Å². The van der Waals surface area contributed by atoms with Gasteiger partial charge in [-0.1, -0.05) is 49.7 Å². The van der Waals surface area contributed by atoms with Gasteiger partial charge in [-0.3, -0.25) is 23.7 Å². The second-order valence-corrected chi connectivity index (χ2v) is 13.5. The van der Waals surface area contributed by atoms with Crippen LogP contribution < -0.4 is 20.9 Å². The van der Waals surface area contributed by atoms with Crippen LogP contribution in [0.1, 0.15) is 46.8 Å². The Bertz CT molecular complexity index is 1900. The summed E-state index contributed by atoms with van der Waals surface area (Å²) in [6.07, 6.45) is -0.868. The molecule has 16 nitrogen and oxygen atoms in total. The second kappa shape index (κ2) is 13.6. The molecule has 0 bridgehead atoms. The number of methoxy groups -OCH3 is 1. The molecule has 4 heterocycles. The van der Waals surface area contributed by atoms with Crippen molar-refractivity contribution >= 4 is 41.6 Å². The van der Waals surface area contributed by atoms with E-state index >= 15 is 0 Å². The molecule has 0 saturated carbocycles. The van der Waals surface area contributed by atoms with Crippen LogP contribution in [0.25, 0.3) is 21.9 Å². The summed E-state index contributed by atoms with van der Waals surface area (Å²) in [7, 11) is -2.95. The minimum atomic E-state index is -4.37. The lowest BCUT2D eigenvalue weighted by molar-refractivity contribution is -0.270. The predicted molar refractivity (Wildman–Crippen MR) is 173 cm³/mol. The Morgan fingerprint density at radius 3 is 2.75 bits per heavy atom. The molecule has 0 spiro atoms. The van der Waals surface area contributed by atoms with Crippen molar-refractivity contribution in [2.75, 3.05) is 19.5 Å². The fraction of sp³-hybridized carbons (Fsp3) is 0.484. The number of hydrogen-bond donors (Lipinski definition) is 3. The summed E-state index contributed by atoms with van der Waals surface area (Å²) in [5, 5.41) is 4.29. The minimum absolute atomic E-state index is 0.0416. The Balaban J connectivity index is 1.33. The first kappa shape index (κ1) is 34.0. The molecule has 17 heteroatoms. The largest absolute Gasteiger partial charge is 0.465 e. The van der Waals surface area contributed by atoms with Crippen LogP contribution in [0.4, 0.5) is 5.95 Å². The number of H-pyrrole nitrogens is 1. The number of imidazole rings is 1. The number of nitrogen functional groups attached to an aromatic ring is 1. The van der Waals surface area contributed by atoms with Crippen LogP contribution in [-0.2, 0) is 37.6 Å². The maximum Gasteiger partial charge on any atom is 0.459 e. The summed E-state index contributed by atoms with van der Waals surface area (Å²) in [5.74, 6) is -0.452. The molecule has 0 amide bonds. The number of benzene rings is 2. The molecule has 4 aromatic rings. The standard InChI is InChI=1S/C31H39N6O10P/c1-6-7-15-42-27(39)17(2)36-48(40,47-21-14-10-12-19-11-8-9-13-20(19)21)46-18(3)23-24-31(4,45-30(41-5)44-24)28(43-23)37-16-33-22-25(37)34-29(32)35-26(22)38/h8-14,16-18,23-24,28,30H,6-7,15H2,1-5H3,(H,36,40)(H3,32,34,35,38). The van der Waals surface area contributed by atoms with Gasteiger partial charge in [0.25, 0.3) is 12.0 Å². The van der Waals surface area contributed by atoms with E-state index in [4.69, 9.17) is 38.5 Å². The number of anilines is 1. The third-order valence-corrected chi connectivity index (χ3v) is 10.1. The highest BCUT2D eigenvalue weighted by atomic mass is 31.2. The first-order valence-corrected chi connectivity index (χ1v) is 17.1. The van der Waals surface area contributed by atoms with E-state index in [9.17, 15) is 14.2 Å². The fourth-order valence-corrected chi connectivity index (χ4v) is 7.64. The molecule has 2 aromatic carbocycles. The summed E-state index contributed by atoms with van der Waals surface area (Å²) < 4.78 is 58.1. The number of aromatic nitrogens is 4. The van der Waals surface area contributed by atoms with Crippen LogP contribution in [0.15, 0.2) is 53.6 Å². The molecule has 4 N–H and O–H groups in total. The molecule has 258 valence electrons. The van der Waals surface area contributed by atoms with E-state index in [1.54, 1.807) is 26.0 Å². The first-order chi connectivity index (χ1) is 23.0. The highest BCUT2D eigenvalue weighted by Gasteiger charge is 2.64. The lowest BCUT2D eigenvalue weighted by atomic mass is 9.94. The topological polar surface area (TPSA) is 200 Å². The molecule has 8 unspecified atom stereocenters. The average molecular weight is 687 g/mol. The zero-order chi connectivity index (χ0) is 34.2. The van der Waals surface area contributed by atoms with E-state index < -0.39 is 61.9 Å². The van der Waals surface area contributed by atoms with Crippen molar-refractivity contribution in [3.05, 3.63) is 59.1 Å². The van der Waals surface area contributed by atoms with Crippen molar-refractivity contribution in [3.8, 4) is 5.75 Å². The molecule has 2 aliphatic rings. The van der Waals surface area contributed by atoms with Crippen molar-refractivity contribution in [2.45, 2.75) is 83.2 Å². The number of aromatic amines is 1.